The lowest BCUT2D eigenvalue weighted by molar-refractivity contribution is 0.0934. The summed E-state index contributed by atoms with van der Waals surface area (Å²) in [5.74, 6) is 0. The highest BCUT2D eigenvalue weighted by Crippen LogP contribution is 2.38. The number of likely N-dealkylation sites (tertiary alicyclic amines) is 1. The Labute approximate surface area is 113 Å². The van der Waals surface area contributed by atoms with Crippen molar-refractivity contribution in [2.45, 2.75) is 50.6 Å². The predicted molar refractivity (Wildman–Crippen MR) is 75.7 cm³/mol. The first-order valence-corrected chi connectivity index (χ1v) is 8.81. The van der Waals surface area contributed by atoms with Gasteiger partial charge >= 0.3 is 8.80 Å². The third kappa shape index (κ3) is 3.33. The van der Waals surface area contributed by atoms with Crippen molar-refractivity contribution in [1.82, 2.24) is 4.90 Å². The number of unbranched alkanes of at least 4 members (excludes halogenated alkanes) is 1. The van der Waals surface area contributed by atoms with Crippen molar-refractivity contribution in [3.8, 4) is 0 Å². The van der Waals surface area contributed by atoms with Gasteiger partial charge in [-0.25, -0.2) is 0 Å². The Hall–Kier alpha value is 0.0569. The van der Waals surface area contributed by atoms with E-state index in [1.165, 1.54) is 32.2 Å². The minimum Gasteiger partial charge on any atom is -0.377 e. The fourth-order valence-electron chi connectivity index (χ4n) is 3.18. The maximum atomic E-state index is 5.72. The first-order chi connectivity index (χ1) is 8.65. The lowest BCUT2D eigenvalue weighted by Gasteiger charge is -2.38. The van der Waals surface area contributed by atoms with E-state index in [2.05, 4.69) is 18.9 Å². The number of hydrogen-bond donors (Lipinski definition) is 0. The minimum atomic E-state index is -2.53. The van der Waals surface area contributed by atoms with Gasteiger partial charge in [-0.2, -0.15) is 0 Å². The summed E-state index contributed by atoms with van der Waals surface area (Å²) in [4.78, 5) is 2.44. The van der Waals surface area contributed by atoms with Crippen molar-refractivity contribution in [2.24, 2.45) is 0 Å². The van der Waals surface area contributed by atoms with Gasteiger partial charge in [0.25, 0.3) is 0 Å². The van der Waals surface area contributed by atoms with Crippen molar-refractivity contribution in [2.75, 3.05) is 34.9 Å². The van der Waals surface area contributed by atoms with Crippen LogP contribution >= 0.6 is 0 Å². The molecular formula is C13H29NO3Si. The van der Waals surface area contributed by atoms with Gasteiger partial charge in [0.1, 0.15) is 0 Å². The molecule has 4 nitrogen and oxygen atoms in total. The summed E-state index contributed by atoms with van der Waals surface area (Å²) in [6.07, 6.45) is 6.04. The Bertz CT molecular complexity index is 228. The molecule has 1 aliphatic rings. The minimum absolute atomic E-state index is 0.393. The smallest absolute Gasteiger partial charge is 0.377 e. The zero-order valence-corrected chi connectivity index (χ0v) is 13.6. The highest BCUT2D eigenvalue weighted by Gasteiger charge is 2.52. The molecule has 18 heavy (non-hydrogen) atoms. The van der Waals surface area contributed by atoms with Crippen molar-refractivity contribution in [1.29, 1.82) is 0 Å². The van der Waals surface area contributed by atoms with Crippen molar-refractivity contribution >= 4 is 8.80 Å². The maximum absolute atomic E-state index is 5.72. The fraction of sp³-hybridized carbons (Fsp3) is 1.00. The standard InChI is InChI=1S/C13H29NO3Si/c1-6-7-10-13(12-9-8-11-14(12)2)18(15-3,16-4)17-5/h12-13H,6-11H2,1-5H3. The SMILES string of the molecule is CCCCC(C1CCCN1C)[Si](OC)(OC)OC. The van der Waals surface area contributed by atoms with E-state index in [0.717, 1.165) is 6.42 Å². The summed E-state index contributed by atoms with van der Waals surface area (Å²) >= 11 is 0. The first-order valence-electron chi connectivity index (χ1n) is 7.00. The number of rotatable bonds is 8. The molecule has 1 fully saturated rings. The van der Waals surface area contributed by atoms with Crippen LogP contribution in [-0.4, -0.2) is 54.7 Å². The lowest BCUT2D eigenvalue weighted by Crippen LogP contribution is -2.53. The topological polar surface area (TPSA) is 30.9 Å². The largest absolute Gasteiger partial charge is 0.505 e. The molecule has 0 aromatic heterocycles. The molecule has 1 aliphatic heterocycles. The van der Waals surface area contributed by atoms with Crippen molar-refractivity contribution < 1.29 is 13.3 Å². The van der Waals surface area contributed by atoms with Gasteiger partial charge in [-0.3, -0.25) is 0 Å². The Kier molecular flexibility index (Phi) is 6.80. The van der Waals surface area contributed by atoms with Crippen LogP contribution < -0.4 is 0 Å². The molecule has 0 spiro atoms. The molecule has 108 valence electrons. The van der Waals surface area contributed by atoms with E-state index in [-0.39, 0.29) is 0 Å². The molecule has 5 heteroatoms. The maximum Gasteiger partial charge on any atom is 0.505 e. The van der Waals surface area contributed by atoms with Gasteiger partial charge < -0.3 is 18.2 Å². The Morgan fingerprint density at radius 3 is 2.22 bits per heavy atom. The normalized spacial score (nSPS) is 23.5. The van der Waals surface area contributed by atoms with Crippen molar-refractivity contribution in [3.05, 3.63) is 0 Å². The van der Waals surface area contributed by atoms with Gasteiger partial charge in [-0.15, -0.1) is 0 Å². The van der Waals surface area contributed by atoms with Gasteiger partial charge in [0.2, 0.25) is 0 Å². The van der Waals surface area contributed by atoms with Crippen molar-refractivity contribution in [3.63, 3.8) is 0 Å². The summed E-state index contributed by atoms with van der Waals surface area (Å²) in [6, 6.07) is 0.545. The molecule has 0 saturated carbocycles. The van der Waals surface area contributed by atoms with Gasteiger partial charge in [0.15, 0.2) is 0 Å². The second kappa shape index (κ2) is 7.60. The van der Waals surface area contributed by atoms with Crippen LogP contribution in [0.15, 0.2) is 0 Å². The third-order valence-corrected chi connectivity index (χ3v) is 7.51. The predicted octanol–water partition coefficient (Wildman–Crippen LogP) is 2.52. The summed E-state index contributed by atoms with van der Waals surface area (Å²) in [7, 11) is 4.86. The molecule has 0 radical (unpaired) electrons. The molecule has 1 saturated heterocycles. The highest BCUT2D eigenvalue weighted by molar-refractivity contribution is 6.62. The molecule has 0 aliphatic carbocycles. The summed E-state index contributed by atoms with van der Waals surface area (Å²) in [5.41, 5.74) is 0.393. The van der Waals surface area contributed by atoms with E-state index in [0.29, 0.717) is 11.6 Å². The average molecular weight is 275 g/mol. The Morgan fingerprint density at radius 1 is 1.22 bits per heavy atom. The zero-order valence-electron chi connectivity index (χ0n) is 12.6. The van der Waals surface area contributed by atoms with E-state index in [9.17, 15) is 0 Å². The van der Waals surface area contributed by atoms with E-state index in [1.54, 1.807) is 21.3 Å². The lowest BCUT2D eigenvalue weighted by atomic mass is 10.1. The van der Waals surface area contributed by atoms with Gasteiger partial charge in [0, 0.05) is 32.9 Å². The van der Waals surface area contributed by atoms with Gasteiger partial charge in [0.05, 0.1) is 0 Å². The third-order valence-electron chi connectivity index (χ3n) is 4.22. The molecule has 0 aromatic carbocycles. The monoisotopic (exact) mass is 275 g/mol. The van der Waals surface area contributed by atoms with Crippen LogP contribution in [-0.2, 0) is 13.3 Å². The second-order valence-corrected chi connectivity index (χ2v) is 8.33. The van der Waals surface area contributed by atoms with Crippen LogP contribution in [0, 0.1) is 0 Å². The molecule has 2 atom stereocenters. The average Bonchev–Trinajstić information content (AvgIpc) is 2.81. The summed E-state index contributed by atoms with van der Waals surface area (Å²) in [6.45, 7) is 3.40. The van der Waals surface area contributed by atoms with E-state index < -0.39 is 8.80 Å². The summed E-state index contributed by atoms with van der Waals surface area (Å²) < 4.78 is 17.2. The molecule has 1 rings (SSSR count). The van der Waals surface area contributed by atoms with Crippen LogP contribution in [0.2, 0.25) is 5.54 Å². The molecule has 1 heterocycles. The van der Waals surface area contributed by atoms with E-state index in [1.807, 2.05) is 0 Å². The van der Waals surface area contributed by atoms with Crippen LogP contribution in [0.25, 0.3) is 0 Å². The van der Waals surface area contributed by atoms with Crippen LogP contribution in [0.3, 0.4) is 0 Å². The first kappa shape index (κ1) is 16.1. The second-order valence-electron chi connectivity index (χ2n) is 5.15. The van der Waals surface area contributed by atoms with Crippen LogP contribution in [0.4, 0.5) is 0 Å². The van der Waals surface area contributed by atoms with E-state index >= 15 is 0 Å². The summed E-state index contributed by atoms with van der Waals surface area (Å²) in [5, 5.41) is 0. The molecule has 0 amide bonds. The quantitative estimate of drug-likeness (QED) is 0.637. The zero-order chi connectivity index (χ0) is 13.6. The Morgan fingerprint density at radius 2 is 1.83 bits per heavy atom. The van der Waals surface area contributed by atoms with Gasteiger partial charge in [-0.1, -0.05) is 19.8 Å². The van der Waals surface area contributed by atoms with Crippen LogP contribution in [0.1, 0.15) is 39.0 Å². The number of hydrogen-bond acceptors (Lipinski definition) is 4. The fourth-order valence-corrected chi connectivity index (χ4v) is 6.04. The molecule has 0 bridgehead atoms. The highest BCUT2D eigenvalue weighted by atomic mass is 28.4. The van der Waals surface area contributed by atoms with Crippen LogP contribution in [0.5, 0.6) is 0 Å². The number of nitrogens with zero attached hydrogens (tertiary/aromatic N) is 1. The molecule has 0 aromatic rings. The Balaban J connectivity index is 2.87. The molecule has 0 N–H and O–H groups in total. The molecule has 2 unspecified atom stereocenters. The van der Waals surface area contributed by atoms with Gasteiger partial charge in [-0.05, 0) is 32.9 Å². The molecular weight excluding hydrogens is 246 g/mol. The van der Waals surface area contributed by atoms with E-state index in [4.69, 9.17) is 13.3 Å².